The number of likely N-dealkylation sites (tertiary alicyclic amines) is 1. The van der Waals surface area contributed by atoms with Gasteiger partial charge in [-0.1, -0.05) is 5.92 Å². The fourth-order valence-electron chi connectivity index (χ4n) is 3.67. The van der Waals surface area contributed by atoms with Crippen LogP contribution in [0.25, 0.3) is 5.65 Å². The van der Waals surface area contributed by atoms with Gasteiger partial charge in [0.05, 0.1) is 30.4 Å². The second kappa shape index (κ2) is 10.1. The number of aromatic nitrogens is 2. The number of pyridine rings is 1. The Hall–Kier alpha value is -3.00. The van der Waals surface area contributed by atoms with Gasteiger partial charge in [-0.2, -0.15) is 13.2 Å². The Labute approximate surface area is 195 Å². The maximum absolute atomic E-state index is 14.5. The number of hydrogen-bond acceptors (Lipinski definition) is 5. The molecule has 1 aliphatic heterocycles. The molecule has 0 radical (unpaired) electrons. The Balaban J connectivity index is 1.87. The van der Waals surface area contributed by atoms with Gasteiger partial charge < -0.3 is 24.7 Å². The van der Waals surface area contributed by atoms with Gasteiger partial charge >= 0.3 is 12.3 Å². The molecule has 3 rings (SSSR count). The number of halogens is 4. The summed E-state index contributed by atoms with van der Waals surface area (Å²) in [4.78, 5) is 18.0. The zero-order valence-electron chi connectivity index (χ0n) is 19.6. The van der Waals surface area contributed by atoms with Gasteiger partial charge in [0.2, 0.25) is 0 Å². The third-order valence-electron chi connectivity index (χ3n) is 5.13. The quantitative estimate of drug-likeness (QED) is 0.512. The van der Waals surface area contributed by atoms with Gasteiger partial charge in [-0.25, -0.2) is 14.2 Å². The molecule has 34 heavy (non-hydrogen) atoms. The van der Waals surface area contributed by atoms with Crippen molar-refractivity contribution in [1.29, 1.82) is 0 Å². The van der Waals surface area contributed by atoms with Gasteiger partial charge in [0, 0.05) is 19.3 Å². The topological polar surface area (TPSA) is 70.9 Å². The minimum absolute atomic E-state index is 0.0576. The molecule has 2 N–H and O–H groups in total. The predicted molar refractivity (Wildman–Crippen MR) is 120 cm³/mol. The van der Waals surface area contributed by atoms with Crippen LogP contribution in [0.3, 0.4) is 0 Å². The Kier molecular flexibility index (Phi) is 7.60. The molecule has 2 aromatic heterocycles. The van der Waals surface area contributed by atoms with Crippen LogP contribution in [-0.4, -0.2) is 71.1 Å². The summed E-state index contributed by atoms with van der Waals surface area (Å²) >= 11 is 0. The highest BCUT2D eigenvalue weighted by molar-refractivity contribution is 5.70. The standard InChI is InChI=1S/C23H29F4N5O2/c1-22(2,3)34-21(33)28-10-5-7-17-19(13-23(25,26)27)32-11-6-8-18(20(32)30-17)29-16-9-12-31(4)14-15(16)24/h6,8,11,15-16,29H,9-10,12-14H2,1-4H3,(H,28,33)/t15-,16+/m0/s1. The minimum Gasteiger partial charge on any atom is -0.444 e. The zero-order chi connectivity index (χ0) is 25.1. The molecule has 0 aliphatic carbocycles. The Morgan fingerprint density at radius 1 is 1.32 bits per heavy atom. The van der Waals surface area contributed by atoms with E-state index >= 15 is 0 Å². The van der Waals surface area contributed by atoms with Gasteiger partial charge in [0.25, 0.3) is 0 Å². The first-order valence-corrected chi connectivity index (χ1v) is 10.9. The van der Waals surface area contributed by atoms with Crippen molar-refractivity contribution in [3.8, 4) is 11.8 Å². The van der Waals surface area contributed by atoms with E-state index in [-0.39, 0.29) is 30.1 Å². The van der Waals surface area contributed by atoms with E-state index in [4.69, 9.17) is 4.74 Å². The number of anilines is 1. The number of nitrogens with one attached hydrogen (secondary N) is 2. The third-order valence-corrected chi connectivity index (χ3v) is 5.13. The van der Waals surface area contributed by atoms with Crippen molar-refractivity contribution in [3.63, 3.8) is 0 Å². The van der Waals surface area contributed by atoms with Crippen LogP contribution in [0.4, 0.5) is 28.0 Å². The predicted octanol–water partition coefficient (Wildman–Crippen LogP) is 3.77. The summed E-state index contributed by atoms with van der Waals surface area (Å²) in [5.74, 6) is 5.26. The number of amides is 1. The van der Waals surface area contributed by atoms with E-state index < -0.39 is 36.5 Å². The highest BCUT2D eigenvalue weighted by Gasteiger charge is 2.32. The number of alkyl halides is 4. The number of piperidine rings is 1. The van der Waals surface area contributed by atoms with Crippen LogP contribution < -0.4 is 10.6 Å². The summed E-state index contributed by atoms with van der Waals surface area (Å²) < 4.78 is 60.9. The van der Waals surface area contributed by atoms with Crippen LogP contribution in [0.15, 0.2) is 18.3 Å². The lowest BCUT2D eigenvalue weighted by Crippen LogP contribution is -2.46. The van der Waals surface area contributed by atoms with E-state index in [1.165, 1.54) is 10.6 Å². The number of ether oxygens (including phenoxy) is 1. The smallest absolute Gasteiger partial charge is 0.408 e. The molecular formula is C23H29F4N5O2. The summed E-state index contributed by atoms with van der Waals surface area (Å²) in [5.41, 5.74) is -0.205. The molecule has 0 unspecified atom stereocenters. The second-order valence-corrected chi connectivity index (χ2v) is 9.29. The molecule has 2 aromatic rings. The van der Waals surface area contributed by atoms with Gasteiger partial charge in [-0.05, 0) is 52.3 Å². The van der Waals surface area contributed by atoms with E-state index in [0.717, 1.165) is 0 Å². The maximum atomic E-state index is 14.5. The van der Waals surface area contributed by atoms with Crippen molar-refractivity contribution in [2.24, 2.45) is 0 Å². The molecule has 1 amide bonds. The Morgan fingerprint density at radius 3 is 2.71 bits per heavy atom. The van der Waals surface area contributed by atoms with E-state index in [1.54, 1.807) is 32.9 Å². The van der Waals surface area contributed by atoms with Crippen molar-refractivity contribution < 1.29 is 27.1 Å². The molecule has 0 aromatic carbocycles. The van der Waals surface area contributed by atoms with Crippen LogP contribution in [0, 0.1) is 11.8 Å². The van der Waals surface area contributed by atoms with Crippen LogP contribution in [0.1, 0.15) is 38.6 Å². The molecule has 3 heterocycles. The summed E-state index contributed by atoms with van der Waals surface area (Å²) in [6.45, 7) is 5.98. The summed E-state index contributed by atoms with van der Waals surface area (Å²) in [6, 6.07) is 2.77. The number of alkyl carbamates (subject to hydrolysis) is 1. The average Bonchev–Trinajstić information content (AvgIpc) is 3.03. The first-order valence-electron chi connectivity index (χ1n) is 10.9. The summed E-state index contributed by atoms with van der Waals surface area (Å²) in [6.07, 6.45) is -5.50. The molecule has 0 bridgehead atoms. The van der Waals surface area contributed by atoms with Crippen molar-refractivity contribution in [1.82, 2.24) is 19.6 Å². The number of fused-ring (bicyclic) bond motifs is 1. The monoisotopic (exact) mass is 483 g/mol. The minimum atomic E-state index is -4.48. The molecule has 7 nitrogen and oxygen atoms in total. The molecule has 0 spiro atoms. The largest absolute Gasteiger partial charge is 0.444 e. The molecule has 186 valence electrons. The van der Waals surface area contributed by atoms with Crippen LogP contribution >= 0.6 is 0 Å². The lowest BCUT2D eigenvalue weighted by atomic mass is 10.0. The molecule has 2 atom stereocenters. The molecule has 0 saturated carbocycles. The molecular weight excluding hydrogens is 454 g/mol. The number of carbonyl (C=O) groups is 1. The van der Waals surface area contributed by atoms with E-state index in [0.29, 0.717) is 18.7 Å². The Bertz CT molecular complexity index is 1080. The summed E-state index contributed by atoms with van der Waals surface area (Å²) in [7, 11) is 1.84. The van der Waals surface area contributed by atoms with Gasteiger partial charge in [0.1, 0.15) is 17.5 Å². The van der Waals surface area contributed by atoms with Crippen LogP contribution in [-0.2, 0) is 11.2 Å². The van der Waals surface area contributed by atoms with Crippen LogP contribution in [0.5, 0.6) is 0 Å². The first-order chi connectivity index (χ1) is 15.8. The van der Waals surface area contributed by atoms with E-state index in [9.17, 15) is 22.4 Å². The number of hydrogen-bond donors (Lipinski definition) is 2. The average molecular weight is 484 g/mol. The fourth-order valence-corrected chi connectivity index (χ4v) is 3.67. The SMILES string of the molecule is CN1CC[C@@H](Nc2cccn3c(CC(F)(F)F)c(C#CCNC(=O)OC(C)(C)C)nc23)[C@@H](F)C1. The molecule has 1 fully saturated rings. The molecule has 1 aliphatic rings. The van der Waals surface area contributed by atoms with Crippen molar-refractivity contribution in [2.45, 2.75) is 57.6 Å². The zero-order valence-corrected chi connectivity index (χ0v) is 19.6. The van der Waals surface area contributed by atoms with Gasteiger partial charge in [0.15, 0.2) is 5.65 Å². The van der Waals surface area contributed by atoms with Gasteiger partial charge in [-0.15, -0.1) is 0 Å². The highest BCUT2D eigenvalue weighted by atomic mass is 19.4. The highest BCUT2D eigenvalue weighted by Crippen LogP contribution is 2.28. The number of imidazole rings is 1. The number of rotatable bonds is 4. The van der Waals surface area contributed by atoms with Crippen LogP contribution in [0.2, 0.25) is 0 Å². The van der Waals surface area contributed by atoms with Crippen molar-refractivity contribution in [2.75, 3.05) is 32.0 Å². The number of nitrogens with zero attached hydrogens (tertiary/aromatic N) is 3. The normalized spacial score (nSPS) is 19.4. The van der Waals surface area contributed by atoms with Gasteiger partial charge in [-0.3, -0.25) is 0 Å². The molecule has 1 saturated heterocycles. The van der Waals surface area contributed by atoms with Crippen molar-refractivity contribution in [3.05, 3.63) is 29.7 Å². The Morgan fingerprint density at radius 2 is 2.06 bits per heavy atom. The third kappa shape index (κ3) is 7.00. The van der Waals surface area contributed by atoms with Crippen molar-refractivity contribution >= 4 is 17.4 Å². The van der Waals surface area contributed by atoms with E-state index in [1.807, 2.05) is 11.9 Å². The second-order valence-electron chi connectivity index (χ2n) is 9.29. The number of carbonyl (C=O) groups excluding carboxylic acids is 1. The van der Waals surface area contributed by atoms with E-state index in [2.05, 4.69) is 27.5 Å². The lowest BCUT2D eigenvalue weighted by molar-refractivity contribution is -0.128. The maximum Gasteiger partial charge on any atom is 0.408 e. The fraction of sp³-hybridized carbons (Fsp3) is 0.565. The molecule has 11 heteroatoms. The summed E-state index contributed by atoms with van der Waals surface area (Å²) in [5, 5.41) is 5.55. The lowest BCUT2D eigenvalue weighted by Gasteiger charge is -2.33. The first kappa shape index (κ1) is 25.6.